The molecule has 0 amide bonds. The zero-order valence-corrected chi connectivity index (χ0v) is 26.5. The fourth-order valence-corrected chi connectivity index (χ4v) is 8.26. The van der Waals surface area contributed by atoms with Crippen LogP contribution in [0.1, 0.15) is 0 Å². The molecule has 0 atom stereocenters. The number of aromatic nitrogens is 2. The Morgan fingerprint density at radius 2 is 1.06 bits per heavy atom. The maximum absolute atomic E-state index is 6.28. The van der Waals surface area contributed by atoms with Gasteiger partial charge in [0.05, 0.1) is 22.1 Å². The maximum Gasteiger partial charge on any atom is 0.136 e. The first kappa shape index (κ1) is 26.5. The molecule has 0 spiro atoms. The molecule has 8 aromatic carbocycles. The molecule has 0 N–H and O–H groups in total. The normalized spacial score (nSPS) is 12.1. The van der Waals surface area contributed by atoms with Crippen molar-refractivity contribution in [3.8, 4) is 22.5 Å². The monoisotopic (exact) mass is 624 g/mol. The van der Waals surface area contributed by atoms with Gasteiger partial charge >= 0.3 is 0 Å². The number of para-hydroxylation sites is 3. The van der Waals surface area contributed by atoms with E-state index < -0.39 is 0 Å². The molecule has 0 aliphatic rings. The van der Waals surface area contributed by atoms with Crippen molar-refractivity contribution in [2.24, 2.45) is 0 Å². The molecule has 0 aliphatic carbocycles. The summed E-state index contributed by atoms with van der Waals surface area (Å²) in [5.41, 5.74) is 11.3. The van der Waals surface area contributed by atoms with Crippen LogP contribution in [-0.2, 0) is 0 Å². The van der Waals surface area contributed by atoms with Crippen molar-refractivity contribution in [2.75, 3.05) is 0 Å². The van der Waals surface area contributed by atoms with Gasteiger partial charge in [-0.05, 0) is 65.0 Å². The molecule has 49 heavy (non-hydrogen) atoms. The Labute approximate surface area is 281 Å². The predicted molar refractivity (Wildman–Crippen MR) is 205 cm³/mol. The molecule has 3 heterocycles. The molecule has 3 aromatic heterocycles. The second kappa shape index (κ2) is 9.96. The van der Waals surface area contributed by atoms with Crippen LogP contribution in [0.15, 0.2) is 174 Å². The lowest BCUT2D eigenvalue weighted by Crippen LogP contribution is -1.96. The van der Waals surface area contributed by atoms with Crippen molar-refractivity contribution in [3.05, 3.63) is 170 Å². The summed E-state index contributed by atoms with van der Waals surface area (Å²) < 4.78 is 11.2. The van der Waals surface area contributed by atoms with Gasteiger partial charge in [-0.3, -0.25) is 0 Å². The van der Waals surface area contributed by atoms with E-state index in [1.807, 2.05) is 12.1 Å². The zero-order valence-electron chi connectivity index (χ0n) is 26.5. The quantitative estimate of drug-likeness (QED) is 0.192. The number of furan rings is 1. The van der Waals surface area contributed by atoms with Crippen LogP contribution < -0.4 is 0 Å². The van der Waals surface area contributed by atoms with Crippen LogP contribution in [0, 0.1) is 0 Å². The molecular weight excluding hydrogens is 597 g/mol. The third-order valence-corrected chi connectivity index (χ3v) is 10.3. The minimum atomic E-state index is 0.906. The number of fused-ring (bicyclic) bond motifs is 12. The highest BCUT2D eigenvalue weighted by molar-refractivity contribution is 6.29. The van der Waals surface area contributed by atoms with E-state index in [1.54, 1.807) is 0 Å². The van der Waals surface area contributed by atoms with Gasteiger partial charge in [0.1, 0.15) is 11.2 Å². The Morgan fingerprint density at radius 1 is 0.367 bits per heavy atom. The summed E-state index contributed by atoms with van der Waals surface area (Å²) in [4.78, 5) is 0. The van der Waals surface area contributed by atoms with E-state index in [0.717, 1.165) is 38.9 Å². The largest absolute Gasteiger partial charge is 0.456 e. The molecule has 3 nitrogen and oxygen atoms in total. The Kier molecular flexibility index (Phi) is 5.38. The molecule has 0 bridgehead atoms. The summed E-state index contributed by atoms with van der Waals surface area (Å²) in [6, 6.07) is 61.3. The van der Waals surface area contributed by atoms with Crippen molar-refractivity contribution in [3.63, 3.8) is 0 Å². The summed E-state index contributed by atoms with van der Waals surface area (Å²) in [6.45, 7) is 0. The summed E-state index contributed by atoms with van der Waals surface area (Å²) in [7, 11) is 0. The molecule has 0 unspecified atom stereocenters. The van der Waals surface area contributed by atoms with Gasteiger partial charge in [0.25, 0.3) is 0 Å². The average Bonchev–Trinajstić information content (AvgIpc) is 3.83. The number of hydrogen-bond donors (Lipinski definition) is 0. The minimum Gasteiger partial charge on any atom is -0.456 e. The Bertz CT molecular complexity index is 3100. The van der Waals surface area contributed by atoms with E-state index in [4.69, 9.17) is 4.42 Å². The SMILES string of the molecule is c1ccc(-n2c3ccc4c5ccccc5n(-c5cccc(-c6cccc7oc8ccccc8c67)c5)c4c3c3ccc4ccccc4c32)cc1. The second-order valence-corrected chi connectivity index (χ2v) is 12.9. The lowest BCUT2D eigenvalue weighted by atomic mass is 9.99. The first-order valence-electron chi connectivity index (χ1n) is 16.8. The van der Waals surface area contributed by atoms with E-state index in [9.17, 15) is 0 Å². The highest BCUT2D eigenvalue weighted by atomic mass is 16.3. The van der Waals surface area contributed by atoms with Gasteiger partial charge in [0.2, 0.25) is 0 Å². The number of benzene rings is 8. The molecule has 0 saturated carbocycles. The van der Waals surface area contributed by atoms with Crippen molar-refractivity contribution < 1.29 is 4.42 Å². The van der Waals surface area contributed by atoms with Gasteiger partial charge in [0.15, 0.2) is 0 Å². The van der Waals surface area contributed by atoms with Crippen LogP contribution in [0.2, 0.25) is 0 Å². The fourth-order valence-electron chi connectivity index (χ4n) is 8.26. The van der Waals surface area contributed by atoms with Gasteiger partial charge in [-0.2, -0.15) is 0 Å². The van der Waals surface area contributed by atoms with Crippen molar-refractivity contribution >= 4 is 76.3 Å². The third kappa shape index (κ3) is 3.67. The standard InChI is InChI=1S/C46H28N2O/c1-2-14-31(15-3-1)47-40-27-26-36-35-18-6-8-21-39(35)48(46(36)44(40)38-25-24-29-12-4-5-17-34(29)45(38)47)32-16-10-13-30(28-32)33-20-11-23-42-43(33)37-19-7-9-22-41(37)49-42/h1-28H. The van der Waals surface area contributed by atoms with Crippen molar-refractivity contribution in [2.45, 2.75) is 0 Å². The minimum absolute atomic E-state index is 0.906. The average molecular weight is 625 g/mol. The lowest BCUT2D eigenvalue weighted by molar-refractivity contribution is 0.669. The molecule has 11 rings (SSSR count). The first-order chi connectivity index (χ1) is 24.3. The van der Waals surface area contributed by atoms with Gasteiger partial charge in [0, 0.05) is 49.1 Å². The van der Waals surface area contributed by atoms with Crippen LogP contribution in [0.25, 0.3) is 98.8 Å². The van der Waals surface area contributed by atoms with Gasteiger partial charge in [-0.25, -0.2) is 0 Å². The molecule has 0 saturated heterocycles. The molecular formula is C46H28N2O. The molecule has 0 radical (unpaired) electrons. The number of nitrogens with zero attached hydrogens (tertiary/aromatic N) is 2. The van der Waals surface area contributed by atoms with E-state index in [1.165, 1.54) is 59.9 Å². The van der Waals surface area contributed by atoms with Gasteiger partial charge in [-0.15, -0.1) is 0 Å². The zero-order chi connectivity index (χ0) is 32.1. The topological polar surface area (TPSA) is 23.0 Å². The highest BCUT2D eigenvalue weighted by Gasteiger charge is 2.22. The van der Waals surface area contributed by atoms with E-state index in [2.05, 4.69) is 167 Å². The van der Waals surface area contributed by atoms with Crippen LogP contribution >= 0.6 is 0 Å². The smallest absolute Gasteiger partial charge is 0.136 e. The number of hydrogen-bond acceptors (Lipinski definition) is 1. The predicted octanol–water partition coefficient (Wildman–Crippen LogP) is 12.6. The molecule has 3 heteroatoms. The van der Waals surface area contributed by atoms with E-state index in [0.29, 0.717) is 0 Å². The van der Waals surface area contributed by atoms with Crippen LogP contribution in [0.4, 0.5) is 0 Å². The molecule has 0 aliphatic heterocycles. The van der Waals surface area contributed by atoms with Crippen LogP contribution in [-0.4, -0.2) is 9.13 Å². The van der Waals surface area contributed by atoms with Gasteiger partial charge < -0.3 is 13.6 Å². The molecule has 0 fully saturated rings. The third-order valence-electron chi connectivity index (χ3n) is 10.3. The summed E-state index contributed by atoms with van der Waals surface area (Å²) in [6.07, 6.45) is 0. The second-order valence-electron chi connectivity index (χ2n) is 12.9. The summed E-state index contributed by atoms with van der Waals surface area (Å²) >= 11 is 0. The highest BCUT2D eigenvalue weighted by Crippen LogP contribution is 2.44. The maximum atomic E-state index is 6.28. The van der Waals surface area contributed by atoms with E-state index in [-0.39, 0.29) is 0 Å². The van der Waals surface area contributed by atoms with E-state index >= 15 is 0 Å². The number of rotatable bonds is 3. The van der Waals surface area contributed by atoms with Crippen molar-refractivity contribution in [1.82, 2.24) is 9.13 Å². The summed E-state index contributed by atoms with van der Waals surface area (Å²) in [5.74, 6) is 0. The first-order valence-corrected chi connectivity index (χ1v) is 16.8. The summed E-state index contributed by atoms with van der Waals surface area (Å²) in [5, 5.41) is 9.77. The lowest BCUT2D eigenvalue weighted by Gasteiger charge is -2.12. The van der Waals surface area contributed by atoms with Crippen LogP contribution in [0.3, 0.4) is 0 Å². The van der Waals surface area contributed by atoms with Crippen LogP contribution in [0.5, 0.6) is 0 Å². The Balaban J connectivity index is 1.28. The molecule has 228 valence electrons. The Hall–Kier alpha value is -6.58. The van der Waals surface area contributed by atoms with Gasteiger partial charge in [-0.1, -0.05) is 121 Å². The van der Waals surface area contributed by atoms with Crippen molar-refractivity contribution in [1.29, 1.82) is 0 Å². The molecule has 11 aromatic rings. The fraction of sp³-hybridized carbons (Fsp3) is 0. The Morgan fingerprint density at radius 3 is 1.98 bits per heavy atom.